The fraction of sp³-hybridized carbons (Fsp3) is 0.556. The van der Waals surface area contributed by atoms with Crippen molar-refractivity contribution in [3.8, 4) is 0 Å². The molecule has 1 heterocycles. The molecule has 1 rings (SSSR count). The molecule has 0 atom stereocenters. The van der Waals surface area contributed by atoms with Gasteiger partial charge in [-0.3, -0.25) is 4.79 Å². The number of hydrogen-bond donors (Lipinski definition) is 1. The van der Waals surface area contributed by atoms with Crippen LogP contribution in [0.5, 0.6) is 0 Å². The van der Waals surface area contributed by atoms with Crippen molar-refractivity contribution >= 4 is 17.6 Å². The molecule has 1 N–H and O–H groups in total. The molecule has 0 saturated heterocycles. The average Bonchev–Trinajstić information content (AvgIpc) is 2.30. The minimum atomic E-state index is -0.921. The van der Waals surface area contributed by atoms with Crippen molar-refractivity contribution in [2.75, 3.05) is 0 Å². The first-order chi connectivity index (χ1) is 6.32. The smallest absolute Gasteiger partial charge is 0.323 e. The third-order valence-corrected chi connectivity index (χ3v) is 2.07. The van der Waals surface area contributed by atoms with Gasteiger partial charge >= 0.3 is 5.97 Å². The zero-order chi connectivity index (χ0) is 10.9. The van der Waals surface area contributed by atoms with E-state index in [2.05, 4.69) is 4.98 Å². The van der Waals surface area contributed by atoms with Gasteiger partial charge in [0.15, 0.2) is 0 Å². The van der Waals surface area contributed by atoms with E-state index in [4.69, 9.17) is 16.7 Å². The molecule has 0 bridgehead atoms. The number of nitrogens with zero attached hydrogens (tertiary/aromatic N) is 2. The second-order valence-electron chi connectivity index (χ2n) is 4.13. The SMILES string of the molecule is CC(C)(C)c1ncc(Cl)n1CC(=O)O. The molecule has 0 amide bonds. The Labute approximate surface area is 87.5 Å². The Morgan fingerprint density at radius 3 is 2.64 bits per heavy atom. The first-order valence-electron chi connectivity index (χ1n) is 4.25. The van der Waals surface area contributed by atoms with E-state index in [9.17, 15) is 4.79 Å². The largest absolute Gasteiger partial charge is 0.480 e. The Morgan fingerprint density at radius 2 is 2.21 bits per heavy atom. The highest BCUT2D eigenvalue weighted by Gasteiger charge is 2.22. The molecule has 14 heavy (non-hydrogen) atoms. The van der Waals surface area contributed by atoms with Gasteiger partial charge in [0, 0.05) is 5.41 Å². The van der Waals surface area contributed by atoms with Crippen molar-refractivity contribution in [1.82, 2.24) is 9.55 Å². The summed E-state index contributed by atoms with van der Waals surface area (Å²) >= 11 is 5.83. The van der Waals surface area contributed by atoms with Gasteiger partial charge in [-0.25, -0.2) is 4.98 Å². The number of halogens is 1. The maximum Gasteiger partial charge on any atom is 0.323 e. The second kappa shape index (κ2) is 3.61. The molecule has 1 aromatic rings. The maximum absolute atomic E-state index is 10.6. The van der Waals surface area contributed by atoms with Crippen molar-refractivity contribution in [2.45, 2.75) is 32.7 Å². The molecule has 0 fully saturated rings. The Balaban J connectivity index is 3.13. The lowest BCUT2D eigenvalue weighted by molar-refractivity contribution is -0.137. The van der Waals surface area contributed by atoms with Crippen molar-refractivity contribution in [3.05, 3.63) is 17.2 Å². The number of rotatable bonds is 2. The van der Waals surface area contributed by atoms with Crippen LogP contribution in [0.15, 0.2) is 6.20 Å². The van der Waals surface area contributed by atoms with E-state index in [1.165, 1.54) is 10.8 Å². The van der Waals surface area contributed by atoms with E-state index in [0.29, 0.717) is 11.0 Å². The highest BCUT2D eigenvalue weighted by molar-refractivity contribution is 6.29. The Bertz CT molecular complexity index is 352. The van der Waals surface area contributed by atoms with E-state index in [-0.39, 0.29) is 12.0 Å². The lowest BCUT2D eigenvalue weighted by atomic mass is 9.96. The summed E-state index contributed by atoms with van der Waals surface area (Å²) in [6.07, 6.45) is 1.48. The third kappa shape index (κ3) is 2.26. The molecule has 0 radical (unpaired) electrons. The minimum absolute atomic E-state index is 0.147. The molecular weight excluding hydrogens is 204 g/mol. The lowest BCUT2D eigenvalue weighted by Crippen LogP contribution is -2.21. The normalized spacial score (nSPS) is 11.7. The average molecular weight is 217 g/mol. The van der Waals surface area contributed by atoms with Crippen LogP contribution in [0.3, 0.4) is 0 Å². The van der Waals surface area contributed by atoms with Gasteiger partial charge in [-0.1, -0.05) is 32.4 Å². The van der Waals surface area contributed by atoms with Crippen LogP contribution in [-0.2, 0) is 16.8 Å². The minimum Gasteiger partial charge on any atom is -0.480 e. The van der Waals surface area contributed by atoms with Crippen LogP contribution >= 0.6 is 11.6 Å². The van der Waals surface area contributed by atoms with E-state index < -0.39 is 5.97 Å². The number of carboxylic acids is 1. The van der Waals surface area contributed by atoms with Crippen molar-refractivity contribution < 1.29 is 9.90 Å². The number of carbonyl (C=O) groups is 1. The number of carboxylic acid groups (broad SMARTS) is 1. The van der Waals surface area contributed by atoms with Gasteiger partial charge in [-0.05, 0) is 0 Å². The van der Waals surface area contributed by atoms with Crippen LogP contribution in [-0.4, -0.2) is 20.6 Å². The summed E-state index contributed by atoms with van der Waals surface area (Å²) in [5.41, 5.74) is -0.206. The second-order valence-corrected chi connectivity index (χ2v) is 4.52. The molecule has 4 nitrogen and oxygen atoms in total. The lowest BCUT2D eigenvalue weighted by Gasteiger charge is -2.19. The summed E-state index contributed by atoms with van der Waals surface area (Å²) in [4.78, 5) is 14.7. The first kappa shape index (κ1) is 11.0. The molecule has 0 spiro atoms. The maximum atomic E-state index is 10.6. The van der Waals surface area contributed by atoms with Gasteiger partial charge in [0.2, 0.25) is 0 Å². The topological polar surface area (TPSA) is 55.1 Å². The van der Waals surface area contributed by atoms with Crippen LogP contribution in [0.2, 0.25) is 5.15 Å². The van der Waals surface area contributed by atoms with Crippen molar-refractivity contribution in [2.24, 2.45) is 0 Å². The molecule has 0 aromatic carbocycles. The van der Waals surface area contributed by atoms with Gasteiger partial charge in [-0.15, -0.1) is 0 Å². The molecular formula is C9H13ClN2O2. The van der Waals surface area contributed by atoms with Gasteiger partial charge in [0.05, 0.1) is 6.20 Å². The summed E-state index contributed by atoms with van der Waals surface area (Å²) in [6.45, 7) is 5.74. The van der Waals surface area contributed by atoms with Crippen molar-refractivity contribution in [3.63, 3.8) is 0 Å². The van der Waals surface area contributed by atoms with Gasteiger partial charge in [-0.2, -0.15) is 0 Å². The highest BCUT2D eigenvalue weighted by atomic mass is 35.5. The molecule has 0 aliphatic heterocycles. The highest BCUT2D eigenvalue weighted by Crippen LogP contribution is 2.24. The van der Waals surface area contributed by atoms with Crippen LogP contribution in [0.25, 0.3) is 0 Å². The van der Waals surface area contributed by atoms with Gasteiger partial charge in [0.1, 0.15) is 17.5 Å². The Hall–Kier alpha value is -1.03. The van der Waals surface area contributed by atoms with Crippen LogP contribution in [0.1, 0.15) is 26.6 Å². The van der Waals surface area contributed by atoms with Crippen LogP contribution < -0.4 is 0 Å². The van der Waals surface area contributed by atoms with E-state index >= 15 is 0 Å². The number of aliphatic carboxylic acids is 1. The monoisotopic (exact) mass is 216 g/mol. The number of imidazole rings is 1. The summed E-state index contributed by atoms with van der Waals surface area (Å²) in [5.74, 6) is -0.236. The summed E-state index contributed by atoms with van der Waals surface area (Å²) in [6, 6.07) is 0. The fourth-order valence-electron chi connectivity index (χ4n) is 1.24. The van der Waals surface area contributed by atoms with E-state index in [1.54, 1.807) is 0 Å². The third-order valence-electron chi connectivity index (χ3n) is 1.77. The first-order valence-corrected chi connectivity index (χ1v) is 4.63. The van der Waals surface area contributed by atoms with E-state index in [0.717, 1.165) is 0 Å². The Morgan fingerprint density at radius 1 is 1.64 bits per heavy atom. The number of aromatic nitrogens is 2. The van der Waals surface area contributed by atoms with Crippen molar-refractivity contribution in [1.29, 1.82) is 0 Å². The van der Waals surface area contributed by atoms with Gasteiger partial charge in [0.25, 0.3) is 0 Å². The molecule has 1 aromatic heterocycles. The van der Waals surface area contributed by atoms with Crippen LogP contribution in [0, 0.1) is 0 Å². The fourth-order valence-corrected chi connectivity index (χ4v) is 1.43. The predicted octanol–water partition coefficient (Wildman–Crippen LogP) is 1.92. The van der Waals surface area contributed by atoms with Gasteiger partial charge < -0.3 is 9.67 Å². The van der Waals surface area contributed by atoms with Crippen LogP contribution in [0.4, 0.5) is 0 Å². The summed E-state index contributed by atoms with van der Waals surface area (Å²) in [7, 11) is 0. The van der Waals surface area contributed by atoms with E-state index in [1.807, 2.05) is 20.8 Å². The quantitative estimate of drug-likeness (QED) is 0.822. The zero-order valence-electron chi connectivity index (χ0n) is 8.41. The molecule has 78 valence electrons. The summed E-state index contributed by atoms with van der Waals surface area (Å²) in [5, 5.41) is 9.05. The predicted molar refractivity (Wildman–Crippen MR) is 53.6 cm³/mol. The number of hydrogen-bond acceptors (Lipinski definition) is 2. The standard InChI is InChI=1S/C9H13ClN2O2/c1-9(2,3)8-11-4-6(10)12(8)5-7(13)14/h4H,5H2,1-3H3,(H,13,14). The molecule has 0 aliphatic rings. The molecule has 0 saturated carbocycles. The Kier molecular flexibility index (Phi) is 2.85. The zero-order valence-corrected chi connectivity index (χ0v) is 9.17. The summed E-state index contributed by atoms with van der Waals surface area (Å²) < 4.78 is 1.50. The molecule has 5 heteroatoms. The molecule has 0 unspecified atom stereocenters. The molecule has 0 aliphatic carbocycles.